The van der Waals surface area contributed by atoms with Crippen LogP contribution in [-0.4, -0.2) is 67.2 Å². The summed E-state index contributed by atoms with van der Waals surface area (Å²) < 4.78 is 17.3. The van der Waals surface area contributed by atoms with Crippen LogP contribution >= 0.6 is 0 Å². The molecule has 23 heavy (non-hydrogen) atoms. The lowest BCUT2D eigenvalue weighted by Gasteiger charge is -2.32. The van der Waals surface area contributed by atoms with Gasteiger partial charge >= 0.3 is 0 Å². The molecule has 3 saturated heterocycles. The third-order valence-corrected chi connectivity index (χ3v) is 5.52. The van der Waals surface area contributed by atoms with Crippen LogP contribution in [0.25, 0.3) is 0 Å². The largest absolute Gasteiger partial charge is 0.381 e. The number of likely N-dealkylation sites (tertiary alicyclic amines) is 1. The fourth-order valence-electron chi connectivity index (χ4n) is 4.14. The van der Waals surface area contributed by atoms with Gasteiger partial charge in [-0.05, 0) is 33.6 Å². The average molecular weight is 326 g/mol. The first-order valence-electron chi connectivity index (χ1n) is 8.95. The van der Waals surface area contributed by atoms with E-state index in [0.717, 1.165) is 12.8 Å². The van der Waals surface area contributed by atoms with Crippen molar-refractivity contribution in [1.82, 2.24) is 10.2 Å². The summed E-state index contributed by atoms with van der Waals surface area (Å²) in [6.45, 7) is 8.83. The Labute approximate surface area is 138 Å². The number of nitrogens with zero attached hydrogens (tertiary/aromatic N) is 1. The zero-order valence-electron chi connectivity index (χ0n) is 14.5. The van der Waals surface area contributed by atoms with E-state index in [2.05, 4.69) is 24.1 Å². The maximum absolute atomic E-state index is 12.5. The van der Waals surface area contributed by atoms with Crippen LogP contribution in [0.3, 0.4) is 0 Å². The fraction of sp³-hybridized carbons (Fsp3) is 0.941. The average Bonchev–Trinajstić information content (AvgIpc) is 3.09. The lowest BCUT2D eigenvalue weighted by Crippen LogP contribution is -2.50. The smallest absolute Gasteiger partial charge is 0.237 e. The first kappa shape index (κ1) is 17.1. The van der Waals surface area contributed by atoms with Gasteiger partial charge in [-0.25, -0.2) is 0 Å². The predicted octanol–water partition coefficient (Wildman–Crippen LogP) is 1.29. The van der Waals surface area contributed by atoms with Crippen molar-refractivity contribution in [1.29, 1.82) is 0 Å². The summed E-state index contributed by atoms with van der Waals surface area (Å²) in [5, 5.41) is 3.05. The first-order valence-corrected chi connectivity index (χ1v) is 8.95. The highest BCUT2D eigenvalue weighted by Gasteiger charge is 2.43. The van der Waals surface area contributed by atoms with Gasteiger partial charge in [-0.2, -0.15) is 0 Å². The van der Waals surface area contributed by atoms with Crippen LogP contribution in [-0.2, 0) is 19.0 Å². The number of carbonyl (C=O) groups excluding carboxylic acids is 1. The van der Waals surface area contributed by atoms with Gasteiger partial charge in [0, 0.05) is 31.5 Å². The standard InChI is InChI=1S/C17H30N2O4/c1-12-4-5-13(2)19(12)14(3)16(20)18-10-15-11-22-17(23-15)6-8-21-9-7-17/h12-15H,4-11H2,1-3H3,(H,18,20)/t12-,13+,14-,15-/m0/s1. The molecule has 3 rings (SSSR count). The van der Waals surface area contributed by atoms with Gasteiger partial charge < -0.3 is 19.5 Å². The normalized spacial score (nSPS) is 35.5. The minimum absolute atomic E-state index is 0.0577. The molecule has 3 aliphatic rings. The molecule has 0 aromatic heterocycles. The van der Waals surface area contributed by atoms with E-state index in [1.165, 1.54) is 12.8 Å². The molecular formula is C17H30N2O4. The van der Waals surface area contributed by atoms with Crippen molar-refractivity contribution in [3.8, 4) is 0 Å². The monoisotopic (exact) mass is 326 g/mol. The van der Waals surface area contributed by atoms with Gasteiger partial charge in [0.05, 0.1) is 25.9 Å². The number of ether oxygens (including phenoxy) is 3. The Bertz CT molecular complexity index is 415. The van der Waals surface area contributed by atoms with Crippen LogP contribution in [0.5, 0.6) is 0 Å². The Kier molecular flexibility index (Phi) is 5.26. The number of carbonyl (C=O) groups is 1. The van der Waals surface area contributed by atoms with E-state index >= 15 is 0 Å². The number of rotatable bonds is 4. The molecule has 4 atom stereocenters. The molecule has 0 saturated carbocycles. The molecule has 1 N–H and O–H groups in total. The number of nitrogens with one attached hydrogen (secondary N) is 1. The maximum Gasteiger partial charge on any atom is 0.237 e. The highest BCUT2D eigenvalue weighted by Crippen LogP contribution is 2.33. The zero-order chi connectivity index (χ0) is 16.4. The zero-order valence-corrected chi connectivity index (χ0v) is 14.5. The molecule has 3 heterocycles. The van der Waals surface area contributed by atoms with E-state index in [9.17, 15) is 4.79 Å². The van der Waals surface area contributed by atoms with Crippen LogP contribution in [0.2, 0.25) is 0 Å². The second-order valence-corrected chi connectivity index (χ2v) is 7.22. The van der Waals surface area contributed by atoms with Gasteiger partial charge in [0.2, 0.25) is 5.91 Å². The van der Waals surface area contributed by atoms with E-state index < -0.39 is 5.79 Å². The number of hydrogen-bond acceptors (Lipinski definition) is 5. The van der Waals surface area contributed by atoms with E-state index in [-0.39, 0.29) is 18.1 Å². The van der Waals surface area contributed by atoms with Crippen LogP contribution in [0.4, 0.5) is 0 Å². The van der Waals surface area contributed by atoms with E-state index in [0.29, 0.717) is 38.4 Å². The van der Waals surface area contributed by atoms with Crippen molar-refractivity contribution >= 4 is 5.91 Å². The van der Waals surface area contributed by atoms with Crippen LogP contribution in [0.15, 0.2) is 0 Å². The van der Waals surface area contributed by atoms with Crippen molar-refractivity contribution in [2.45, 2.75) is 76.5 Å². The highest BCUT2D eigenvalue weighted by atomic mass is 16.7. The Morgan fingerprint density at radius 3 is 2.57 bits per heavy atom. The third-order valence-electron chi connectivity index (χ3n) is 5.52. The number of hydrogen-bond donors (Lipinski definition) is 1. The maximum atomic E-state index is 12.5. The minimum atomic E-state index is -0.475. The van der Waals surface area contributed by atoms with Gasteiger partial charge in [-0.1, -0.05) is 0 Å². The summed E-state index contributed by atoms with van der Waals surface area (Å²) in [5.74, 6) is -0.390. The molecule has 0 bridgehead atoms. The topological polar surface area (TPSA) is 60.0 Å². The summed E-state index contributed by atoms with van der Waals surface area (Å²) in [7, 11) is 0. The molecule has 3 fully saturated rings. The van der Waals surface area contributed by atoms with Crippen molar-refractivity contribution in [2.75, 3.05) is 26.4 Å². The molecule has 0 aromatic carbocycles. The highest BCUT2D eigenvalue weighted by molar-refractivity contribution is 5.81. The molecule has 6 nitrogen and oxygen atoms in total. The minimum Gasteiger partial charge on any atom is -0.381 e. The van der Waals surface area contributed by atoms with E-state index in [1.807, 2.05) is 6.92 Å². The lowest BCUT2D eigenvalue weighted by molar-refractivity contribution is -0.210. The molecule has 0 radical (unpaired) electrons. The SMILES string of the molecule is C[C@@H]1CC[C@H](C)N1[C@@H](C)C(=O)NC[C@H]1COC2(CCOCC2)O1. The molecule has 3 aliphatic heterocycles. The summed E-state index contributed by atoms with van der Waals surface area (Å²) >= 11 is 0. The summed E-state index contributed by atoms with van der Waals surface area (Å²) in [4.78, 5) is 14.8. The Hall–Kier alpha value is -0.690. The van der Waals surface area contributed by atoms with Gasteiger partial charge in [-0.15, -0.1) is 0 Å². The van der Waals surface area contributed by atoms with Crippen LogP contribution < -0.4 is 5.32 Å². The van der Waals surface area contributed by atoms with Crippen molar-refractivity contribution in [2.24, 2.45) is 0 Å². The molecule has 1 spiro atoms. The van der Waals surface area contributed by atoms with E-state index in [4.69, 9.17) is 14.2 Å². The number of amides is 1. The van der Waals surface area contributed by atoms with Crippen LogP contribution in [0.1, 0.15) is 46.5 Å². The van der Waals surface area contributed by atoms with E-state index in [1.54, 1.807) is 0 Å². The second-order valence-electron chi connectivity index (χ2n) is 7.22. The van der Waals surface area contributed by atoms with Gasteiger partial charge in [-0.3, -0.25) is 9.69 Å². The Morgan fingerprint density at radius 1 is 1.26 bits per heavy atom. The molecule has 1 amide bonds. The molecule has 132 valence electrons. The first-order chi connectivity index (χ1) is 11.0. The quantitative estimate of drug-likeness (QED) is 0.843. The van der Waals surface area contributed by atoms with Gasteiger partial charge in [0.1, 0.15) is 6.10 Å². The molecule has 0 aliphatic carbocycles. The van der Waals surface area contributed by atoms with Crippen molar-refractivity contribution < 1.29 is 19.0 Å². The second kappa shape index (κ2) is 7.05. The van der Waals surface area contributed by atoms with Crippen LogP contribution in [0, 0.1) is 0 Å². The summed E-state index contributed by atoms with van der Waals surface area (Å²) in [5.41, 5.74) is 0. The van der Waals surface area contributed by atoms with Gasteiger partial charge in [0.25, 0.3) is 0 Å². The predicted molar refractivity (Wildman–Crippen MR) is 86.1 cm³/mol. The molecular weight excluding hydrogens is 296 g/mol. The Morgan fingerprint density at radius 2 is 1.91 bits per heavy atom. The molecule has 6 heteroatoms. The molecule has 0 unspecified atom stereocenters. The summed E-state index contributed by atoms with van der Waals surface area (Å²) in [6, 6.07) is 0.853. The lowest BCUT2D eigenvalue weighted by atomic mass is 10.1. The van der Waals surface area contributed by atoms with Crippen molar-refractivity contribution in [3.63, 3.8) is 0 Å². The third kappa shape index (κ3) is 3.71. The fourth-order valence-corrected chi connectivity index (χ4v) is 4.14. The van der Waals surface area contributed by atoms with Gasteiger partial charge in [0.15, 0.2) is 5.79 Å². The van der Waals surface area contributed by atoms with Crippen molar-refractivity contribution in [3.05, 3.63) is 0 Å². The Balaban J connectivity index is 1.46. The molecule has 0 aromatic rings. The summed E-state index contributed by atoms with van der Waals surface area (Å²) in [6.07, 6.45) is 3.83.